The van der Waals surface area contributed by atoms with Gasteiger partial charge in [0.05, 0.1) is 0 Å². The van der Waals surface area contributed by atoms with E-state index < -0.39 is 0 Å². The van der Waals surface area contributed by atoms with E-state index in [0.29, 0.717) is 6.42 Å². The first-order chi connectivity index (χ1) is 14.1. The van der Waals surface area contributed by atoms with E-state index in [1.807, 2.05) is 0 Å². The summed E-state index contributed by atoms with van der Waals surface area (Å²) >= 11 is 0. The fourth-order valence-electron chi connectivity index (χ4n) is 3.51. The molecule has 0 aliphatic rings. The third kappa shape index (κ3) is 13.7. The van der Waals surface area contributed by atoms with Crippen molar-refractivity contribution in [2.24, 2.45) is 5.73 Å². The van der Waals surface area contributed by atoms with Crippen LogP contribution in [0.1, 0.15) is 82.6 Å². The third-order valence-electron chi connectivity index (χ3n) is 5.19. The molecule has 0 heterocycles. The maximum absolute atomic E-state index is 10.6. The number of carbonyl (C=O) groups excluding carboxylic acids is 1. The highest BCUT2D eigenvalue weighted by atomic mass is 16.1. The molecule has 0 atom stereocenters. The zero-order valence-corrected chi connectivity index (χ0v) is 18.7. The minimum absolute atomic E-state index is 0.174. The van der Waals surface area contributed by atoms with Crippen LogP contribution in [0.25, 0.3) is 0 Å². The van der Waals surface area contributed by atoms with Crippen LogP contribution in [0, 0.1) is 0 Å². The summed E-state index contributed by atoms with van der Waals surface area (Å²) < 4.78 is 0. The first-order valence-electron chi connectivity index (χ1n) is 11.4. The van der Waals surface area contributed by atoms with E-state index in [9.17, 15) is 4.79 Å². The van der Waals surface area contributed by atoms with Crippen LogP contribution in [0.15, 0.2) is 48.6 Å². The minimum Gasteiger partial charge on any atom is -0.377 e. The molecular weight excluding hydrogens is 356 g/mol. The van der Waals surface area contributed by atoms with Gasteiger partial charge in [0.15, 0.2) is 0 Å². The smallest absolute Gasteiger partial charge is 0.217 e. The first kappa shape index (κ1) is 25.0. The van der Waals surface area contributed by atoms with Crippen molar-refractivity contribution < 1.29 is 4.79 Å². The highest BCUT2D eigenvalue weighted by molar-refractivity contribution is 5.73. The van der Waals surface area contributed by atoms with Crippen LogP contribution in [-0.4, -0.2) is 20.0 Å². The largest absolute Gasteiger partial charge is 0.377 e. The average molecular weight is 399 g/mol. The van der Waals surface area contributed by atoms with Gasteiger partial charge in [-0.1, -0.05) is 68.2 Å². The van der Waals surface area contributed by atoms with Gasteiger partial charge in [-0.15, -0.1) is 0 Å². The van der Waals surface area contributed by atoms with Crippen molar-refractivity contribution >= 4 is 11.6 Å². The molecule has 0 bridgehead atoms. The molecule has 3 nitrogen and oxygen atoms in total. The fourth-order valence-corrected chi connectivity index (χ4v) is 3.51. The Balaban J connectivity index is 1.94. The molecule has 0 saturated heterocycles. The summed E-state index contributed by atoms with van der Waals surface area (Å²) in [7, 11) is 4.24. The Hall–Kier alpha value is -2.03. The van der Waals surface area contributed by atoms with E-state index >= 15 is 0 Å². The first-order valence-corrected chi connectivity index (χ1v) is 11.4. The molecule has 162 valence electrons. The molecule has 0 saturated carbocycles. The molecule has 1 aromatic rings. The van der Waals surface area contributed by atoms with Crippen molar-refractivity contribution in [2.45, 2.75) is 83.5 Å². The Morgan fingerprint density at radius 3 is 2.07 bits per heavy atom. The molecule has 0 radical (unpaired) electrons. The normalized spacial score (nSPS) is 11.5. The van der Waals surface area contributed by atoms with Gasteiger partial charge in [-0.05, 0) is 63.0 Å². The molecule has 0 aliphatic heterocycles. The lowest BCUT2D eigenvalue weighted by Gasteiger charge is -2.17. The molecule has 0 aromatic heterocycles. The van der Waals surface area contributed by atoms with Gasteiger partial charge < -0.3 is 10.6 Å². The number of allylic oxidation sites excluding steroid dienone is 4. The third-order valence-corrected chi connectivity index (χ3v) is 5.19. The molecule has 0 unspecified atom stereocenters. The topological polar surface area (TPSA) is 46.3 Å². The maximum atomic E-state index is 10.6. The zero-order valence-electron chi connectivity index (χ0n) is 18.7. The van der Waals surface area contributed by atoms with E-state index in [2.05, 4.69) is 67.6 Å². The van der Waals surface area contributed by atoms with Crippen LogP contribution in [0.4, 0.5) is 5.69 Å². The van der Waals surface area contributed by atoms with Crippen molar-refractivity contribution in [3.05, 3.63) is 54.1 Å². The number of nitrogens with zero attached hydrogens (tertiary/aromatic N) is 1. The Kier molecular flexibility index (Phi) is 14.6. The van der Waals surface area contributed by atoms with Gasteiger partial charge in [0.1, 0.15) is 0 Å². The van der Waals surface area contributed by atoms with E-state index in [4.69, 9.17) is 5.73 Å². The summed E-state index contributed by atoms with van der Waals surface area (Å²) in [5.41, 5.74) is 7.95. The number of amides is 1. The monoisotopic (exact) mass is 398 g/mol. The lowest BCUT2D eigenvalue weighted by atomic mass is 10.0. The van der Waals surface area contributed by atoms with E-state index in [1.165, 1.54) is 62.6 Å². The van der Waals surface area contributed by atoms with Crippen molar-refractivity contribution in [3.8, 4) is 0 Å². The maximum Gasteiger partial charge on any atom is 0.217 e. The van der Waals surface area contributed by atoms with Gasteiger partial charge in [0.25, 0.3) is 0 Å². The molecule has 0 spiro atoms. The van der Waals surface area contributed by atoms with Crippen molar-refractivity contribution in [3.63, 3.8) is 0 Å². The predicted molar refractivity (Wildman–Crippen MR) is 127 cm³/mol. The molecule has 1 aromatic carbocycles. The van der Waals surface area contributed by atoms with Crippen LogP contribution in [-0.2, 0) is 11.2 Å². The average Bonchev–Trinajstić information content (AvgIpc) is 2.70. The minimum atomic E-state index is -0.174. The SMILES string of the molecule is CN(C)c1ccccc1CCCCC/C=C\C/C=C\CCCCCCCC(N)=O. The second-order valence-corrected chi connectivity index (χ2v) is 8.07. The van der Waals surface area contributed by atoms with Gasteiger partial charge >= 0.3 is 0 Å². The van der Waals surface area contributed by atoms with Crippen LogP contribution < -0.4 is 10.6 Å². The number of hydrogen-bond acceptors (Lipinski definition) is 2. The number of anilines is 1. The Morgan fingerprint density at radius 2 is 1.41 bits per heavy atom. The van der Waals surface area contributed by atoms with E-state index in [-0.39, 0.29) is 5.91 Å². The fraction of sp³-hybridized carbons (Fsp3) is 0.577. The molecule has 0 aliphatic carbocycles. The van der Waals surface area contributed by atoms with Gasteiger partial charge in [-0.3, -0.25) is 4.79 Å². The van der Waals surface area contributed by atoms with Crippen LogP contribution >= 0.6 is 0 Å². The molecule has 2 N–H and O–H groups in total. The molecule has 1 amide bonds. The predicted octanol–water partition coefficient (Wildman–Crippen LogP) is 6.57. The number of carbonyl (C=O) groups is 1. The second-order valence-electron chi connectivity index (χ2n) is 8.07. The Bertz CT molecular complexity index is 604. The highest BCUT2D eigenvalue weighted by Gasteiger charge is 2.02. The lowest BCUT2D eigenvalue weighted by Crippen LogP contribution is -2.11. The van der Waals surface area contributed by atoms with Gasteiger partial charge in [0.2, 0.25) is 5.91 Å². The van der Waals surface area contributed by atoms with Crippen molar-refractivity contribution in [1.82, 2.24) is 0 Å². The molecule has 1 rings (SSSR count). The number of unbranched alkanes of at least 4 members (excludes halogenated alkanes) is 8. The van der Waals surface area contributed by atoms with Crippen LogP contribution in [0.2, 0.25) is 0 Å². The van der Waals surface area contributed by atoms with E-state index in [1.54, 1.807) is 0 Å². The van der Waals surface area contributed by atoms with Crippen LogP contribution in [0.5, 0.6) is 0 Å². The van der Waals surface area contributed by atoms with Crippen molar-refractivity contribution in [2.75, 3.05) is 19.0 Å². The summed E-state index contributed by atoms with van der Waals surface area (Å²) in [6.45, 7) is 0. The highest BCUT2D eigenvalue weighted by Crippen LogP contribution is 2.20. The zero-order chi connectivity index (χ0) is 21.2. The summed E-state index contributed by atoms with van der Waals surface area (Å²) in [5.74, 6) is -0.174. The van der Waals surface area contributed by atoms with E-state index in [0.717, 1.165) is 25.7 Å². The number of rotatable bonds is 17. The number of nitrogens with two attached hydrogens (primary N) is 1. The Labute approximate surface area is 179 Å². The van der Waals surface area contributed by atoms with Crippen molar-refractivity contribution in [1.29, 1.82) is 0 Å². The van der Waals surface area contributed by atoms with Crippen LogP contribution in [0.3, 0.4) is 0 Å². The van der Waals surface area contributed by atoms with Gasteiger partial charge in [-0.2, -0.15) is 0 Å². The number of primary amides is 1. The lowest BCUT2D eigenvalue weighted by molar-refractivity contribution is -0.118. The number of aryl methyl sites for hydroxylation is 1. The number of benzene rings is 1. The van der Waals surface area contributed by atoms with Gasteiger partial charge in [0, 0.05) is 26.2 Å². The summed E-state index contributed by atoms with van der Waals surface area (Å²) in [4.78, 5) is 12.8. The molecule has 0 fully saturated rings. The summed E-state index contributed by atoms with van der Waals surface area (Å²) in [6, 6.07) is 8.72. The quantitative estimate of drug-likeness (QED) is 0.238. The van der Waals surface area contributed by atoms with Gasteiger partial charge in [-0.25, -0.2) is 0 Å². The number of para-hydroxylation sites is 1. The second kappa shape index (κ2) is 16.9. The molecular formula is C26H42N2O. The summed E-state index contributed by atoms with van der Waals surface area (Å²) in [6.07, 6.45) is 23.9. The summed E-state index contributed by atoms with van der Waals surface area (Å²) in [5, 5.41) is 0. The number of hydrogen-bond donors (Lipinski definition) is 1. The standard InChI is InChI=1S/C26H42N2O/c1-28(2)25-22-19-18-21-24(25)20-16-14-12-10-8-6-4-3-5-7-9-11-13-15-17-23-26(27)29/h3,5-6,8,18-19,21-22H,4,7,9-17,20,23H2,1-2H3,(H2,27,29)/b5-3-,8-6-. The Morgan fingerprint density at radius 1 is 0.828 bits per heavy atom. The molecule has 29 heavy (non-hydrogen) atoms. The molecule has 3 heteroatoms.